The number of benzene rings is 2. The molecule has 27 heavy (non-hydrogen) atoms. The lowest BCUT2D eigenvalue weighted by molar-refractivity contribution is -0.118. The maximum atomic E-state index is 12.0. The van der Waals surface area contributed by atoms with Gasteiger partial charge in [-0.2, -0.15) is 5.10 Å². The Hall–Kier alpha value is -2.79. The summed E-state index contributed by atoms with van der Waals surface area (Å²) in [5.74, 6) is 0.219. The number of hydrogen-bond acceptors (Lipinski definition) is 3. The van der Waals surface area contributed by atoms with Crippen molar-refractivity contribution in [3.05, 3.63) is 83.2 Å². The van der Waals surface area contributed by atoms with Crippen molar-refractivity contribution < 1.29 is 4.79 Å². The van der Waals surface area contributed by atoms with Crippen molar-refractivity contribution >= 4 is 23.9 Å². The number of amides is 1. The minimum Gasteiger partial charge on any atom is -0.318 e. The molecule has 1 amide bonds. The van der Waals surface area contributed by atoms with E-state index in [2.05, 4.69) is 54.1 Å². The fraction of sp³-hybridized carbons (Fsp3) is 0.182. The highest BCUT2D eigenvalue weighted by Gasteiger charge is 2.11. The first kappa shape index (κ1) is 19.0. The third-order valence-corrected chi connectivity index (χ3v) is 5.34. The van der Waals surface area contributed by atoms with Crippen LogP contribution in [-0.2, 0) is 4.79 Å². The Morgan fingerprint density at radius 2 is 1.78 bits per heavy atom. The van der Waals surface area contributed by atoms with Gasteiger partial charge in [-0.3, -0.25) is 4.79 Å². The number of thioether (sulfide) groups is 1. The molecule has 0 radical (unpaired) electrons. The molecule has 0 bridgehead atoms. The van der Waals surface area contributed by atoms with E-state index in [-0.39, 0.29) is 5.91 Å². The maximum absolute atomic E-state index is 12.0. The average Bonchev–Trinajstić information content (AvgIpc) is 2.95. The Morgan fingerprint density at radius 1 is 1.07 bits per heavy atom. The van der Waals surface area contributed by atoms with Gasteiger partial charge in [0.05, 0.1) is 12.0 Å². The van der Waals surface area contributed by atoms with Crippen LogP contribution in [-0.4, -0.2) is 22.4 Å². The van der Waals surface area contributed by atoms with E-state index >= 15 is 0 Å². The van der Waals surface area contributed by atoms with Crippen LogP contribution in [0.3, 0.4) is 0 Å². The van der Waals surface area contributed by atoms with Gasteiger partial charge in [-0.25, -0.2) is 5.43 Å². The minimum atomic E-state index is -0.118. The molecule has 0 aliphatic carbocycles. The molecule has 3 rings (SSSR count). The lowest BCUT2D eigenvalue weighted by Crippen LogP contribution is -2.19. The standard InChI is InChI=1S/C22H23N3OS/c1-16-9-7-8-12-21(16)25-17(2)13-19(18(25)3)14-23-24-22(26)15-27-20-10-5-4-6-11-20/h4-14H,15H2,1-3H3,(H,24,26)/b23-14+. The normalized spacial score (nSPS) is 11.1. The first-order valence-electron chi connectivity index (χ1n) is 8.81. The van der Waals surface area contributed by atoms with Crippen molar-refractivity contribution in [1.29, 1.82) is 0 Å². The Morgan fingerprint density at radius 3 is 2.52 bits per heavy atom. The van der Waals surface area contributed by atoms with E-state index in [0.29, 0.717) is 5.75 Å². The van der Waals surface area contributed by atoms with Crippen LogP contribution in [0.1, 0.15) is 22.5 Å². The Balaban J connectivity index is 1.65. The van der Waals surface area contributed by atoms with Crippen LogP contribution in [0.4, 0.5) is 0 Å². The number of nitrogens with one attached hydrogen (secondary N) is 1. The fourth-order valence-corrected chi connectivity index (χ4v) is 3.69. The number of carbonyl (C=O) groups excluding carboxylic acids is 1. The van der Waals surface area contributed by atoms with Gasteiger partial charge < -0.3 is 4.57 Å². The van der Waals surface area contributed by atoms with Crippen LogP contribution < -0.4 is 5.43 Å². The summed E-state index contributed by atoms with van der Waals surface area (Å²) in [5.41, 5.74) is 8.21. The Bertz CT molecular complexity index is 961. The first-order chi connectivity index (χ1) is 13.1. The lowest BCUT2D eigenvalue weighted by atomic mass is 10.2. The van der Waals surface area contributed by atoms with Crippen LogP contribution in [0, 0.1) is 20.8 Å². The molecule has 1 heterocycles. The summed E-state index contributed by atoms with van der Waals surface area (Å²) in [4.78, 5) is 13.0. The largest absolute Gasteiger partial charge is 0.318 e. The predicted octanol–water partition coefficient (Wildman–Crippen LogP) is 4.64. The van der Waals surface area contributed by atoms with Crippen molar-refractivity contribution in [2.45, 2.75) is 25.7 Å². The summed E-state index contributed by atoms with van der Waals surface area (Å²) in [5, 5.41) is 4.13. The second kappa shape index (κ2) is 8.73. The van der Waals surface area contributed by atoms with Gasteiger partial charge in [0.2, 0.25) is 5.91 Å². The topological polar surface area (TPSA) is 46.4 Å². The molecule has 1 N–H and O–H groups in total. The highest BCUT2D eigenvalue weighted by Crippen LogP contribution is 2.22. The molecule has 0 atom stereocenters. The van der Waals surface area contributed by atoms with E-state index < -0.39 is 0 Å². The molecule has 2 aromatic carbocycles. The molecule has 3 aromatic rings. The minimum absolute atomic E-state index is 0.118. The van der Waals surface area contributed by atoms with Gasteiger partial charge >= 0.3 is 0 Å². The number of nitrogens with zero attached hydrogens (tertiary/aromatic N) is 2. The van der Waals surface area contributed by atoms with E-state index in [9.17, 15) is 4.79 Å². The maximum Gasteiger partial charge on any atom is 0.250 e. The number of carbonyl (C=O) groups is 1. The van der Waals surface area contributed by atoms with Crippen molar-refractivity contribution in [3.8, 4) is 5.69 Å². The van der Waals surface area contributed by atoms with Crippen LogP contribution in [0.2, 0.25) is 0 Å². The van der Waals surface area contributed by atoms with Gasteiger partial charge in [0.1, 0.15) is 0 Å². The summed E-state index contributed by atoms with van der Waals surface area (Å²) in [6.07, 6.45) is 1.71. The molecular formula is C22H23N3OS. The summed E-state index contributed by atoms with van der Waals surface area (Å²) in [6, 6.07) is 20.2. The summed E-state index contributed by atoms with van der Waals surface area (Å²) >= 11 is 1.49. The number of hydrogen-bond donors (Lipinski definition) is 1. The Labute approximate surface area is 164 Å². The van der Waals surface area contributed by atoms with Crippen molar-refractivity contribution in [2.24, 2.45) is 5.10 Å². The lowest BCUT2D eigenvalue weighted by Gasteiger charge is -2.12. The zero-order valence-electron chi connectivity index (χ0n) is 15.8. The van der Waals surface area contributed by atoms with Gasteiger partial charge in [0.15, 0.2) is 0 Å². The zero-order chi connectivity index (χ0) is 19.2. The van der Waals surface area contributed by atoms with E-state index in [1.54, 1.807) is 6.21 Å². The monoisotopic (exact) mass is 377 g/mol. The van der Waals surface area contributed by atoms with E-state index in [1.807, 2.05) is 42.5 Å². The number of aromatic nitrogens is 1. The molecule has 1 aromatic heterocycles. The SMILES string of the molecule is Cc1ccccc1-n1c(C)cc(/C=N/NC(=O)CSc2ccccc2)c1C. The molecule has 0 saturated heterocycles. The number of aryl methyl sites for hydroxylation is 2. The van der Waals surface area contributed by atoms with E-state index in [4.69, 9.17) is 0 Å². The summed E-state index contributed by atoms with van der Waals surface area (Å²) in [7, 11) is 0. The number of rotatable bonds is 6. The van der Waals surface area contributed by atoms with Gasteiger partial charge in [-0.05, 0) is 50.6 Å². The summed E-state index contributed by atoms with van der Waals surface area (Å²) < 4.78 is 2.21. The highest BCUT2D eigenvalue weighted by molar-refractivity contribution is 8.00. The van der Waals surface area contributed by atoms with Gasteiger partial charge in [0, 0.05) is 27.5 Å². The molecule has 0 aliphatic rings. The molecule has 0 fully saturated rings. The molecule has 5 heteroatoms. The molecule has 138 valence electrons. The van der Waals surface area contributed by atoms with Crippen LogP contribution in [0.25, 0.3) is 5.69 Å². The van der Waals surface area contributed by atoms with Crippen molar-refractivity contribution in [2.75, 3.05) is 5.75 Å². The molecule has 4 nitrogen and oxygen atoms in total. The molecular weight excluding hydrogens is 354 g/mol. The fourth-order valence-electron chi connectivity index (χ4n) is 2.98. The predicted molar refractivity (Wildman–Crippen MR) is 113 cm³/mol. The van der Waals surface area contributed by atoms with Gasteiger partial charge in [-0.15, -0.1) is 11.8 Å². The van der Waals surface area contributed by atoms with Crippen molar-refractivity contribution in [3.63, 3.8) is 0 Å². The third-order valence-electron chi connectivity index (χ3n) is 4.33. The van der Waals surface area contributed by atoms with Crippen LogP contribution in [0.15, 0.2) is 70.7 Å². The van der Waals surface area contributed by atoms with Gasteiger partial charge in [0.25, 0.3) is 0 Å². The second-order valence-corrected chi connectivity index (χ2v) is 7.39. The smallest absolute Gasteiger partial charge is 0.250 e. The van der Waals surface area contributed by atoms with E-state index in [1.165, 1.54) is 17.3 Å². The molecule has 0 unspecified atom stereocenters. The quantitative estimate of drug-likeness (QED) is 0.386. The molecule has 0 saturated carbocycles. The second-order valence-electron chi connectivity index (χ2n) is 6.34. The van der Waals surface area contributed by atoms with Crippen molar-refractivity contribution in [1.82, 2.24) is 9.99 Å². The molecule has 0 aliphatic heterocycles. The van der Waals surface area contributed by atoms with Gasteiger partial charge in [-0.1, -0.05) is 36.4 Å². The number of para-hydroxylation sites is 1. The van der Waals surface area contributed by atoms with Crippen LogP contribution in [0.5, 0.6) is 0 Å². The first-order valence-corrected chi connectivity index (χ1v) is 9.79. The summed E-state index contributed by atoms with van der Waals surface area (Å²) in [6.45, 7) is 6.24. The van der Waals surface area contributed by atoms with E-state index in [0.717, 1.165) is 27.5 Å². The molecule has 0 spiro atoms. The third kappa shape index (κ3) is 4.68. The average molecular weight is 378 g/mol. The highest BCUT2D eigenvalue weighted by atomic mass is 32.2. The Kier molecular flexibility index (Phi) is 6.14. The zero-order valence-corrected chi connectivity index (χ0v) is 16.6. The number of hydrazone groups is 1. The van der Waals surface area contributed by atoms with Crippen LogP contribution >= 0.6 is 11.8 Å².